The van der Waals surface area contributed by atoms with Gasteiger partial charge in [0.1, 0.15) is 16.4 Å². The molecule has 3 nitrogen and oxygen atoms in total. The molecule has 5 heteroatoms. The highest BCUT2D eigenvalue weighted by molar-refractivity contribution is 8.15. The molecule has 2 atom stereocenters. The summed E-state index contributed by atoms with van der Waals surface area (Å²) in [5, 5.41) is 13.6. The van der Waals surface area contributed by atoms with Gasteiger partial charge in [-0.2, -0.15) is 0 Å². The van der Waals surface area contributed by atoms with Crippen molar-refractivity contribution < 1.29 is 9.45 Å². The van der Waals surface area contributed by atoms with Gasteiger partial charge in [-0.05, 0) is 39.7 Å². The first-order valence-electron chi connectivity index (χ1n) is 7.38. The molecule has 3 rings (SSSR count). The van der Waals surface area contributed by atoms with Gasteiger partial charge in [-0.1, -0.05) is 30.0 Å². The number of benzene rings is 1. The molecule has 0 radical (unpaired) electrons. The maximum atomic E-state index is 14.2. The van der Waals surface area contributed by atoms with Crippen LogP contribution in [0.1, 0.15) is 39.2 Å². The van der Waals surface area contributed by atoms with Crippen LogP contribution in [0.4, 0.5) is 4.39 Å². The number of halogens is 1. The molecule has 0 bridgehead atoms. The van der Waals surface area contributed by atoms with Crippen LogP contribution >= 0.6 is 11.8 Å². The Hall–Kier alpha value is -0.910. The van der Waals surface area contributed by atoms with E-state index in [0.717, 1.165) is 17.9 Å². The van der Waals surface area contributed by atoms with Crippen molar-refractivity contribution in [2.75, 3.05) is 6.54 Å². The van der Waals surface area contributed by atoms with Gasteiger partial charge >= 0.3 is 0 Å². The quantitative estimate of drug-likeness (QED) is 0.853. The first kappa shape index (κ1) is 15.0. The van der Waals surface area contributed by atoms with E-state index in [9.17, 15) is 9.60 Å². The molecule has 0 spiro atoms. The van der Waals surface area contributed by atoms with Crippen LogP contribution in [-0.4, -0.2) is 23.2 Å². The fourth-order valence-electron chi connectivity index (χ4n) is 2.62. The molecule has 21 heavy (non-hydrogen) atoms. The Balaban J connectivity index is 1.99. The van der Waals surface area contributed by atoms with E-state index in [1.807, 2.05) is 26.8 Å². The highest BCUT2D eigenvalue weighted by atomic mass is 32.2. The molecule has 1 N–H and O–H groups in total. The van der Waals surface area contributed by atoms with E-state index in [2.05, 4.69) is 0 Å². The third-order valence-corrected chi connectivity index (χ3v) is 5.97. The van der Waals surface area contributed by atoms with Gasteiger partial charge in [0.2, 0.25) is 0 Å². The van der Waals surface area contributed by atoms with Gasteiger partial charge in [0, 0.05) is 5.56 Å². The van der Waals surface area contributed by atoms with Gasteiger partial charge < -0.3 is 10.3 Å². The molecule has 1 saturated carbocycles. The Morgan fingerprint density at radius 3 is 2.57 bits per heavy atom. The largest absolute Gasteiger partial charge is 0.634 e. The summed E-state index contributed by atoms with van der Waals surface area (Å²) in [6.07, 6.45) is 2.20. The Morgan fingerprint density at radius 1 is 1.29 bits per heavy atom. The molecular formula is C16H21FN2OS. The number of quaternary nitrogens is 1. The molecule has 2 aliphatic rings. The Labute approximate surface area is 129 Å². The summed E-state index contributed by atoms with van der Waals surface area (Å²) in [6, 6.07) is 7.11. The van der Waals surface area contributed by atoms with Crippen LogP contribution in [-0.2, 0) is 4.75 Å². The number of thioether (sulfide) groups is 1. The van der Waals surface area contributed by atoms with Crippen molar-refractivity contribution in [1.82, 2.24) is 0 Å². The molecule has 1 saturated heterocycles. The molecule has 2 unspecified atom stereocenters. The second-order valence-corrected chi connectivity index (χ2v) is 8.20. The minimum atomic E-state index is -0.564. The van der Waals surface area contributed by atoms with Crippen molar-refractivity contribution in [2.45, 2.75) is 49.9 Å². The Bertz CT molecular complexity index is 585. The van der Waals surface area contributed by atoms with Gasteiger partial charge in [0.25, 0.3) is 0 Å². The number of hydroxylamine groups is 2. The van der Waals surface area contributed by atoms with Crippen LogP contribution in [0.5, 0.6) is 0 Å². The third-order valence-electron chi connectivity index (χ3n) is 4.34. The van der Waals surface area contributed by atoms with Crippen molar-refractivity contribution >= 4 is 16.8 Å². The molecule has 1 aliphatic heterocycles. The van der Waals surface area contributed by atoms with Gasteiger partial charge in [0.15, 0.2) is 0 Å². The summed E-state index contributed by atoms with van der Waals surface area (Å²) in [5.74, 6) is -0.245. The molecule has 0 amide bonds. The van der Waals surface area contributed by atoms with E-state index < -0.39 is 10.3 Å². The van der Waals surface area contributed by atoms with Crippen LogP contribution in [0.15, 0.2) is 29.3 Å². The molecule has 2 fully saturated rings. The average Bonchev–Trinajstić information content (AvgIpc) is 3.20. The summed E-state index contributed by atoms with van der Waals surface area (Å²) >= 11 is 1.57. The third kappa shape index (κ3) is 2.74. The van der Waals surface area contributed by atoms with Crippen molar-refractivity contribution in [3.8, 4) is 0 Å². The van der Waals surface area contributed by atoms with E-state index in [-0.39, 0.29) is 10.9 Å². The number of rotatable bonds is 2. The molecule has 1 heterocycles. The average molecular weight is 308 g/mol. The number of nitrogens with zero attached hydrogens (tertiary/aromatic N) is 1. The lowest BCUT2D eigenvalue weighted by Gasteiger charge is -2.49. The van der Waals surface area contributed by atoms with E-state index in [4.69, 9.17) is 4.99 Å². The fraction of sp³-hybridized carbons (Fsp3) is 0.562. The number of hydrogen-bond donors (Lipinski definition) is 1. The molecule has 1 aromatic rings. The standard InChI is InChI=1S/C16H21FN2OS/c1-15(2)14(18-11-8-9-11)21-16(3,10-19(15)20)12-6-4-5-7-13(12)17/h4-7,11,19H,8-10H2,1-3H3. The summed E-state index contributed by atoms with van der Waals surface area (Å²) < 4.78 is 13.6. The Morgan fingerprint density at radius 2 is 1.95 bits per heavy atom. The number of hydrogen-bond acceptors (Lipinski definition) is 3. The first-order chi connectivity index (χ1) is 9.83. The fourth-order valence-corrected chi connectivity index (χ4v) is 4.10. The number of aliphatic imine (C=N–C) groups is 1. The summed E-state index contributed by atoms with van der Waals surface area (Å²) in [6.45, 7) is 6.16. The maximum absolute atomic E-state index is 14.2. The predicted molar refractivity (Wildman–Crippen MR) is 85.1 cm³/mol. The molecule has 114 valence electrons. The van der Waals surface area contributed by atoms with Crippen LogP contribution in [0.25, 0.3) is 0 Å². The van der Waals surface area contributed by atoms with Gasteiger partial charge in [-0.3, -0.25) is 4.99 Å². The summed E-state index contributed by atoms with van der Waals surface area (Å²) in [7, 11) is 0. The minimum absolute atomic E-state index is 0.145. The second kappa shape index (κ2) is 5.07. The monoisotopic (exact) mass is 308 g/mol. The maximum Gasteiger partial charge on any atom is 0.140 e. The topological polar surface area (TPSA) is 39.9 Å². The van der Waals surface area contributed by atoms with Crippen molar-refractivity contribution in [1.29, 1.82) is 0 Å². The van der Waals surface area contributed by atoms with Gasteiger partial charge in [-0.25, -0.2) is 4.39 Å². The van der Waals surface area contributed by atoms with E-state index in [1.165, 1.54) is 6.07 Å². The highest BCUT2D eigenvalue weighted by Crippen LogP contribution is 2.42. The molecule has 0 aromatic heterocycles. The first-order valence-corrected chi connectivity index (χ1v) is 8.20. The van der Waals surface area contributed by atoms with Gasteiger partial charge in [0.05, 0.1) is 17.3 Å². The summed E-state index contributed by atoms with van der Waals surface area (Å²) in [4.78, 5) is 4.74. The number of nitrogens with one attached hydrogen (secondary N) is 1. The van der Waals surface area contributed by atoms with Gasteiger partial charge in [-0.15, -0.1) is 0 Å². The normalized spacial score (nSPS) is 34.1. The second-order valence-electron chi connectivity index (χ2n) is 6.70. The smallest absolute Gasteiger partial charge is 0.140 e. The van der Waals surface area contributed by atoms with Crippen LogP contribution < -0.4 is 5.06 Å². The lowest BCUT2D eigenvalue weighted by Crippen LogP contribution is -3.18. The van der Waals surface area contributed by atoms with Crippen LogP contribution in [0.2, 0.25) is 0 Å². The highest BCUT2D eigenvalue weighted by Gasteiger charge is 2.48. The zero-order valence-corrected chi connectivity index (χ0v) is 13.5. The van der Waals surface area contributed by atoms with Crippen molar-refractivity contribution in [2.24, 2.45) is 4.99 Å². The lowest BCUT2D eigenvalue weighted by atomic mass is 9.96. The van der Waals surface area contributed by atoms with Crippen LogP contribution in [0, 0.1) is 11.0 Å². The van der Waals surface area contributed by atoms with Crippen molar-refractivity contribution in [3.05, 3.63) is 40.9 Å². The van der Waals surface area contributed by atoms with E-state index in [1.54, 1.807) is 23.9 Å². The summed E-state index contributed by atoms with van der Waals surface area (Å²) in [5.41, 5.74) is 0.0558. The lowest BCUT2D eigenvalue weighted by molar-refractivity contribution is -0.890. The Kier molecular flexibility index (Phi) is 3.62. The van der Waals surface area contributed by atoms with Crippen molar-refractivity contribution in [3.63, 3.8) is 0 Å². The molecule has 1 aliphatic carbocycles. The van der Waals surface area contributed by atoms with E-state index in [0.29, 0.717) is 18.2 Å². The predicted octanol–water partition coefficient (Wildman–Crippen LogP) is 2.51. The molecule has 1 aromatic carbocycles. The van der Waals surface area contributed by atoms with Crippen LogP contribution in [0.3, 0.4) is 0 Å². The zero-order chi connectivity index (χ0) is 15.3. The zero-order valence-electron chi connectivity index (χ0n) is 12.6. The molecular weight excluding hydrogens is 287 g/mol. The van der Waals surface area contributed by atoms with E-state index >= 15 is 0 Å². The minimum Gasteiger partial charge on any atom is -0.634 e. The SMILES string of the molecule is CC1(c2ccccc2F)C[NH+]([O-])C(C)(C)C(=NC2CC2)S1.